The zero-order valence-corrected chi connectivity index (χ0v) is 20.1. The first kappa shape index (κ1) is 24.5. The Morgan fingerprint density at radius 1 is 0.970 bits per heavy atom. The number of thiocarbonyl (C=S) groups is 1. The molecule has 2 amide bonds. The van der Waals surface area contributed by atoms with Gasteiger partial charge in [-0.2, -0.15) is 0 Å². The van der Waals surface area contributed by atoms with Crippen LogP contribution < -0.4 is 16.0 Å². The molecule has 1 aromatic heterocycles. The summed E-state index contributed by atoms with van der Waals surface area (Å²) in [4.78, 5) is 23.9. The highest BCUT2D eigenvalue weighted by molar-refractivity contribution is 7.80. The second-order valence-corrected chi connectivity index (χ2v) is 8.58. The van der Waals surface area contributed by atoms with Gasteiger partial charge in [-0.05, 0) is 72.9 Å². The quantitative estimate of drug-likeness (QED) is 0.269. The summed E-state index contributed by atoms with van der Waals surface area (Å²) in [5, 5.41) is 9.42. The van der Waals surface area contributed by atoms with E-state index in [1.807, 2.05) is 13.8 Å². The summed E-state index contributed by atoms with van der Waals surface area (Å²) in [6.45, 7) is 3.64. The van der Waals surface area contributed by atoms with Gasteiger partial charge in [-0.25, -0.2) is 0 Å². The van der Waals surface area contributed by atoms with Gasteiger partial charge in [0.15, 0.2) is 5.11 Å². The van der Waals surface area contributed by atoms with Gasteiger partial charge in [-0.1, -0.05) is 37.0 Å². The van der Waals surface area contributed by atoms with Crippen molar-refractivity contribution in [3.8, 4) is 11.3 Å². The lowest BCUT2D eigenvalue weighted by Crippen LogP contribution is -2.32. The maximum Gasteiger partial charge on any atom is 0.250 e. The van der Waals surface area contributed by atoms with Gasteiger partial charge in [-0.3, -0.25) is 14.9 Å². The number of rotatable bonds is 6. The standard InChI is InChI=1S/C24H21Cl2N3O3S/c1-14(2)23(31)27-16-4-6-17(7-5-16)28-24(33)29-22(30)12-9-18-8-11-21(32-18)19-10-3-15(25)13-20(19)26/h3-14H,1-2H3,(H,27,31)(H2,28,29,30,33)/b12-9+. The Bertz CT molecular complexity index is 1200. The third-order valence-corrected chi connectivity index (χ3v) is 5.15. The number of furan rings is 1. The molecule has 9 heteroatoms. The van der Waals surface area contributed by atoms with E-state index in [-0.39, 0.29) is 16.9 Å². The first-order valence-electron chi connectivity index (χ1n) is 9.97. The van der Waals surface area contributed by atoms with Crippen LogP contribution in [-0.4, -0.2) is 16.9 Å². The number of hydrogen-bond acceptors (Lipinski definition) is 4. The van der Waals surface area contributed by atoms with Gasteiger partial charge in [0.1, 0.15) is 11.5 Å². The predicted molar refractivity (Wildman–Crippen MR) is 137 cm³/mol. The van der Waals surface area contributed by atoms with Gasteiger partial charge in [0.25, 0.3) is 0 Å². The Hall–Kier alpha value is -3.13. The van der Waals surface area contributed by atoms with Crippen LogP contribution in [0.25, 0.3) is 17.4 Å². The molecule has 0 unspecified atom stereocenters. The van der Waals surface area contributed by atoms with E-state index in [1.165, 1.54) is 12.2 Å². The number of carbonyl (C=O) groups is 2. The Kier molecular flexibility index (Phi) is 8.27. The van der Waals surface area contributed by atoms with Crippen LogP contribution >= 0.6 is 35.4 Å². The van der Waals surface area contributed by atoms with E-state index in [0.29, 0.717) is 38.5 Å². The molecular weight excluding hydrogens is 481 g/mol. The monoisotopic (exact) mass is 501 g/mol. The molecule has 0 fully saturated rings. The molecule has 0 saturated carbocycles. The van der Waals surface area contributed by atoms with E-state index in [0.717, 1.165) is 0 Å². The van der Waals surface area contributed by atoms with Crippen molar-refractivity contribution in [2.75, 3.05) is 10.6 Å². The molecule has 0 aliphatic rings. The average molecular weight is 502 g/mol. The van der Waals surface area contributed by atoms with Gasteiger partial charge in [0, 0.05) is 34.0 Å². The second-order valence-electron chi connectivity index (χ2n) is 7.32. The van der Waals surface area contributed by atoms with Crippen molar-refractivity contribution in [2.24, 2.45) is 5.92 Å². The molecule has 0 aliphatic heterocycles. The van der Waals surface area contributed by atoms with Crippen LogP contribution in [0.2, 0.25) is 10.0 Å². The highest BCUT2D eigenvalue weighted by atomic mass is 35.5. The van der Waals surface area contributed by atoms with Crippen molar-refractivity contribution in [2.45, 2.75) is 13.8 Å². The third-order valence-electron chi connectivity index (χ3n) is 4.39. The SMILES string of the molecule is CC(C)C(=O)Nc1ccc(NC(=S)NC(=O)/C=C/c2ccc(-c3ccc(Cl)cc3Cl)o2)cc1. The van der Waals surface area contributed by atoms with Crippen LogP contribution in [0.5, 0.6) is 0 Å². The van der Waals surface area contributed by atoms with Gasteiger partial charge in [0.05, 0.1) is 5.02 Å². The van der Waals surface area contributed by atoms with Crippen LogP contribution in [0.4, 0.5) is 11.4 Å². The molecule has 0 bridgehead atoms. The summed E-state index contributed by atoms with van der Waals surface area (Å²) < 4.78 is 5.72. The molecule has 33 heavy (non-hydrogen) atoms. The van der Waals surface area contributed by atoms with Crippen LogP contribution in [0, 0.1) is 5.92 Å². The van der Waals surface area contributed by atoms with Gasteiger partial charge >= 0.3 is 0 Å². The number of carbonyl (C=O) groups excluding carboxylic acids is 2. The topological polar surface area (TPSA) is 83.4 Å². The summed E-state index contributed by atoms with van der Waals surface area (Å²) in [7, 11) is 0. The first-order chi connectivity index (χ1) is 15.7. The largest absolute Gasteiger partial charge is 0.457 e. The highest BCUT2D eigenvalue weighted by Gasteiger charge is 2.09. The average Bonchev–Trinajstić information content (AvgIpc) is 3.22. The molecule has 0 spiro atoms. The minimum atomic E-state index is -0.421. The van der Waals surface area contributed by atoms with Crippen molar-refractivity contribution >= 4 is 69.8 Å². The number of benzene rings is 2. The number of halogens is 2. The Balaban J connectivity index is 1.53. The third kappa shape index (κ3) is 7.18. The molecular formula is C24H21Cl2N3O3S. The zero-order valence-electron chi connectivity index (χ0n) is 17.8. The summed E-state index contributed by atoms with van der Waals surface area (Å²) in [5.74, 6) is 0.439. The van der Waals surface area contributed by atoms with Crippen LogP contribution in [-0.2, 0) is 9.59 Å². The molecule has 3 aromatic rings. The van der Waals surface area contributed by atoms with E-state index in [2.05, 4.69) is 16.0 Å². The fourth-order valence-corrected chi connectivity index (χ4v) is 3.39. The maximum absolute atomic E-state index is 12.2. The lowest BCUT2D eigenvalue weighted by molar-refractivity contribution is -0.119. The van der Waals surface area contributed by atoms with Crippen molar-refractivity contribution in [3.05, 3.63) is 76.5 Å². The Morgan fingerprint density at radius 2 is 1.64 bits per heavy atom. The molecule has 0 saturated heterocycles. The van der Waals surface area contributed by atoms with Crippen molar-refractivity contribution in [1.82, 2.24) is 5.32 Å². The summed E-state index contributed by atoms with van der Waals surface area (Å²) >= 11 is 17.3. The zero-order chi connectivity index (χ0) is 24.0. The summed E-state index contributed by atoms with van der Waals surface area (Å²) in [5.41, 5.74) is 2.04. The van der Waals surface area contributed by atoms with Gasteiger partial charge < -0.3 is 15.1 Å². The lowest BCUT2D eigenvalue weighted by atomic mass is 10.2. The highest BCUT2D eigenvalue weighted by Crippen LogP contribution is 2.31. The van der Waals surface area contributed by atoms with E-state index in [4.69, 9.17) is 39.8 Å². The Labute approximate surface area is 207 Å². The van der Waals surface area contributed by atoms with Crippen molar-refractivity contribution in [3.63, 3.8) is 0 Å². The van der Waals surface area contributed by atoms with E-state index >= 15 is 0 Å². The second kappa shape index (κ2) is 11.1. The molecule has 0 radical (unpaired) electrons. The summed E-state index contributed by atoms with van der Waals surface area (Å²) in [6, 6.07) is 15.6. The van der Waals surface area contributed by atoms with Crippen molar-refractivity contribution < 1.29 is 14.0 Å². The molecule has 170 valence electrons. The minimum absolute atomic E-state index is 0.0646. The minimum Gasteiger partial charge on any atom is -0.457 e. The van der Waals surface area contributed by atoms with Crippen LogP contribution in [0.1, 0.15) is 19.6 Å². The number of amides is 2. The normalized spacial score (nSPS) is 10.9. The molecule has 0 atom stereocenters. The Morgan fingerprint density at radius 3 is 2.27 bits per heavy atom. The molecule has 6 nitrogen and oxygen atoms in total. The van der Waals surface area contributed by atoms with E-state index in [1.54, 1.807) is 54.6 Å². The molecule has 2 aromatic carbocycles. The number of anilines is 2. The van der Waals surface area contributed by atoms with E-state index < -0.39 is 5.91 Å². The molecule has 3 rings (SSSR count). The van der Waals surface area contributed by atoms with Gasteiger partial charge in [0.2, 0.25) is 11.8 Å². The van der Waals surface area contributed by atoms with Gasteiger partial charge in [-0.15, -0.1) is 0 Å². The summed E-state index contributed by atoms with van der Waals surface area (Å²) in [6.07, 6.45) is 2.84. The number of hydrogen-bond donors (Lipinski definition) is 3. The fourth-order valence-electron chi connectivity index (χ4n) is 2.67. The first-order valence-corrected chi connectivity index (χ1v) is 11.1. The molecule has 0 aliphatic carbocycles. The van der Waals surface area contributed by atoms with Crippen LogP contribution in [0.15, 0.2) is 65.1 Å². The lowest BCUT2D eigenvalue weighted by Gasteiger charge is -2.10. The van der Waals surface area contributed by atoms with Crippen LogP contribution in [0.3, 0.4) is 0 Å². The predicted octanol–water partition coefficient (Wildman–Crippen LogP) is 6.37. The fraction of sp³-hybridized carbons (Fsp3) is 0.125. The van der Waals surface area contributed by atoms with E-state index in [9.17, 15) is 9.59 Å². The smallest absolute Gasteiger partial charge is 0.250 e. The van der Waals surface area contributed by atoms with Crippen molar-refractivity contribution in [1.29, 1.82) is 0 Å². The molecule has 1 heterocycles. The maximum atomic E-state index is 12.2. The molecule has 3 N–H and O–H groups in total. The number of nitrogens with one attached hydrogen (secondary N) is 3.